The molecule has 0 heterocycles. The topological polar surface area (TPSA) is 134 Å². The fourth-order valence-corrected chi connectivity index (χ4v) is 1.75. The fraction of sp³-hybridized carbons (Fsp3) is 0.722. The maximum atomic E-state index is 12.0. The Hall–Kier alpha value is -2.49. The number of rotatable bonds is 11. The molecular weight excluding hydrogens is 370 g/mol. The van der Waals surface area contributed by atoms with Crippen LogP contribution < -0.4 is 5.32 Å². The smallest absolute Gasteiger partial charge is 0.410 e. The number of hydrogen-bond donors (Lipinski definition) is 1. The first-order chi connectivity index (χ1) is 13.0. The molecule has 1 amide bonds. The van der Waals surface area contributed by atoms with Crippen LogP contribution in [0.25, 0.3) is 5.32 Å². The van der Waals surface area contributed by atoms with E-state index in [1.807, 2.05) is 0 Å². The standard InChI is InChI=1S/C18H30N3O7/c1-7-26-15(23)14(9-8-13(22)10-20-11-19-6)21-17(25)28-12(2)27-16(24)18(3,4)5/h10,12,14H,7-9,11H2,1-6H3,(H,21,25)/q-1/b20-10+. The van der Waals surface area contributed by atoms with Gasteiger partial charge in [-0.2, -0.15) is 7.05 Å². The first kappa shape index (κ1) is 25.5. The van der Waals surface area contributed by atoms with Crippen LogP contribution in [0.5, 0.6) is 0 Å². The van der Waals surface area contributed by atoms with Crippen molar-refractivity contribution in [3.05, 3.63) is 5.32 Å². The number of alkyl carbamates (subject to hydrolysis) is 1. The van der Waals surface area contributed by atoms with Crippen molar-refractivity contribution >= 4 is 30.0 Å². The van der Waals surface area contributed by atoms with Gasteiger partial charge in [0, 0.05) is 13.3 Å². The van der Waals surface area contributed by atoms with Crippen LogP contribution in [-0.4, -0.2) is 62.7 Å². The van der Waals surface area contributed by atoms with E-state index in [-0.39, 0.29) is 31.9 Å². The third kappa shape index (κ3) is 11.3. The lowest BCUT2D eigenvalue weighted by molar-refractivity contribution is -0.174. The quantitative estimate of drug-likeness (QED) is 0.318. The molecule has 0 saturated carbocycles. The Morgan fingerprint density at radius 2 is 1.82 bits per heavy atom. The van der Waals surface area contributed by atoms with E-state index in [0.717, 1.165) is 6.21 Å². The Labute approximate surface area is 165 Å². The molecule has 0 saturated heterocycles. The molecule has 0 aromatic rings. The Bertz CT molecular complexity index is 570. The van der Waals surface area contributed by atoms with Crippen molar-refractivity contribution in [3.63, 3.8) is 0 Å². The van der Waals surface area contributed by atoms with Gasteiger partial charge >= 0.3 is 18.0 Å². The molecule has 0 aromatic carbocycles. The number of carbonyl (C=O) groups excluding carboxylic acids is 4. The van der Waals surface area contributed by atoms with E-state index in [4.69, 9.17) is 14.2 Å². The molecular formula is C18H30N3O7-. The summed E-state index contributed by atoms with van der Waals surface area (Å²) < 4.78 is 14.8. The summed E-state index contributed by atoms with van der Waals surface area (Å²) in [6, 6.07) is -1.09. The maximum Gasteiger partial charge on any atom is 0.410 e. The highest BCUT2D eigenvalue weighted by molar-refractivity contribution is 6.27. The minimum atomic E-state index is -1.15. The zero-order valence-electron chi connectivity index (χ0n) is 17.3. The molecule has 10 heteroatoms. The Morgan fingerprint density at radius 1 is 1.18 bits per heavy atom. The Balaban J connectivity index is 4.73. The number of Topliss-reactive ketones (excluding diaryl/α,β-unsaturated/α-hetero) is 1. The second-order valence-electron chi connectivity index (χ2n) is 6.85. The SMILES string of the molecule is CCOC(=O)C(CCC(=O)/C=N/C[N-]C)NC(=O)OC(C)OC(=O)C(C)(C)C. The molecule has 0 aliphatic carbocycles. The molecule has 10 nitrogen and oxygen atoms in total. The number of ketones is 1. The van der Waals surface area contributed by atoms with Gasteiger partial charge in [0.15, 0.2) is 5.78 Å². The van der Waals surface area contributed by atoms with Crippen molar-refractivity contribution in [1.29, 1.82) is 0 Å². The number of aliphatic imine (C=N–C) groups is 1. The minimum Gasteiger partial charge on any atom is -0.646 e. The molecule has 0 spiro atoms. The van der Waals surface area contributed by atoms with Crippen LogP contribution in [0.3, 0.4) is 0 Å². The molecule has 0 bridgehead atoms. The molecule has 0 radical (unpaired) electrons. The molecule has 28 heavy (non-hydrogen) atoms. The number of carbonyl (C=O) groups is 4. The van der Waals surface area contributed by atoms with Crippen LogP contribution in [0.2, 0.25) is 0 Å². The molecule has 0 fully saturated rings. The van der Waals surface area contributed by atoms with Crippen molar-refractivity contribution in [2.45, 2.75) is 59.8 Å². The van der Waals surface area contributed by atoms with E-state index >= 15 is 0 Å². The highest BCUT2D eigenvalue weighted by Crippen LogP contribution is 2.16. The van der Waals surface area contributed by atoms with E-state index in [0.29, 0.717) is 0 Å². The lowest BCUT2D eigenvalue weighted by Crippen LogP contribution is -2.44. The summed E-state index contributed by atoms with van der Waals surface area (Å²) >= 11 is 0. The minimum absolute atomic E-state index is 0.00177. The van der Waals surface area contributed by atoms with Crippen molar-refractivity contribution in [2.75, 3.05) is 20.3 Å². The number of hydrogen-bond acceptors (Lipinski definition) is 8. The first-order valence-corrected chi connectivity index (χ1v) is 8.94. The second-order valence-corrected chi connectivity index (χ2v) is 6.85. The average molecular weight is 400 g/mol. The van der Waals surface area contributed by atoms with Crippen LogP contribution >= 0.6 is 0 Å². The predicted octanol–water partition coefficient (Wildman–Crippen LogP) is 1.96. The van der Waals surface area contributed by atoms with E-state index in [2.05, 4.69) is 15.6 Å². The van der Waals surface area contributed by atoms with Crippen LogP contribution in [-0.2, 0) is 28.6 Å². The zero-order valence-corrected chi connectivity index (χ0v) is 17.3. The van der Waals surface area contributed by atoms with E-state index in [1.165, 1.54) is 6.92 Å². The van der Waals surface area contributed by atoms with Gasteiger partial charge in [-0.05, 0) is 34.1 Å². The van der Waals surface area contributed by atoms with Crippen LogP contribution in [0.15, 0.2) is 4.99 Å². The lowest BCUT2D eigenvalue weighted by atomic mass is 9.97. The van der Waals surface area contributed by atoms with Crippen molar-refractivity contribution < 1.29 is 33.4 Å². The van der Waals surface area contributed by atoms with Crippen LogP contribution in [0.1, 0.15) is 47.5 Å². The van der Waals surface area contributed by atoms with Crippen molar-refractivity contribution in [3.8, 4) is 0 Å². The zero-order chi connectivity index (χ0) is 21.7. The van der Waals surface area contributed by atoms with E-state index < -0.39 is 35.8 Å². The molecule has 0 aliphatic heterocycles. The molecule has 0 aliphatic rings. The third-order valence-corrected chi connectivity index (χ3v) is 3.16. The van der Waals surface area contributed by atoms with E-state index in [9.17, 15) is 19.2 Å². The number of ether oxygens (including phenoxy) is 3. The van der Waals surface area contributed by atoms with Gasteiger partial charge in [-0.25, -0.2) is 9.59 Å². The van der Waals surface area contributed by atoms with E-state index in [1.54, 1.807) is 34.7 Å². The summed E-state index contributed by atoms with van der Waals surface area (Å²) in [5.74, 6) is -1.56. The lowest BCUT2D eigenvalue weighted by Gasteiger charge is -2.22. The van der Waals surface area contributed by atoms with Crippen LogP contribution in [0.4, 0.5) is 4.79 Å². The molecule has 160 valence electrons. The number of esters is 2. The average Bonchev–Trinajstić information content (AvgIpc) is 2.57. The predicted molar refractivity (Wildman–Crippen MR) is 102 cm³/mol. The van der Waals surface area contributed by atoms with Gasteiger partial charge in [0.25, 0.3) is 0 Å². The first-order valence-electron chi connectivity index (χ1n) is 8.94. The summed E-state index contributed by atoms with van der Waals surface area (Å²) in [4.78, 5) is 51.3. The summed E-state index contributed by atoms with van der Waals surface area (Å²) in [6.45, 7) is 8.26. The van der Waals surface area contributed by atoms with Gasteiger partial charge in [-0.1, -0.05) is 6.67 Å². The normalized spacial score (nSPS) is 13.5. The van der Waals surface area contributed by atoms with Gasteiger partial charge in [-0.3, -0.25) is 9.59 Å². The largest absolute Gasteiger partial charge is 0.646 e. The molecule has 1 N–H and O–H groups in total. The highest BCUT2D eigenvalue weighted by atomic mass is 16.7. The van der Waals surface area contributed by atoms with Gasteiger partial charge in [-0.15, -0.1) is 0 Å². The van der Waals surface area contributed by atoms with Gasteiger partial charge < -0.3 is 29.8 Å². The summed E-state index contributed by atoms with van der Waals surface area (Å²) in [7, 11) is 1.56. The number of nitrogens with zero attached hydrogens (tertiary/aromatic N) is 2. The van der Waals surface area contributed by atoms with Gasteiger partial charge in [0.05, 0.1) is 18.2 Å². The Morgan fingerprint density at radius 3 is 2.36 bits per heavy atom. The fourth-order valence-electron chi connectivity index (χ4n) is 1.75. The number of amides is 1. The second kappa shape index (κ2) is 12.8. The molecule has 0 aromatic heterocycles. The summed E-state index contributed by atoms with van der Waals surface area (Å²) in [6.07, 6.45) is -1.04. The monoisotopic (exact) mass is 400 g/mol. The molecule has 2 unspecified atom stereocenters. The van der Waals surface area contributed by atoms with Gasteiger partial charge in [0.1, 0.15) is 6.04 Å². The van der Waals surface area contributed by atoms with Gasteiger partial charge in [0.2, 0.25) is 6.29 Å². The Kier molecular flexibility index (Phi) is 11.7. The molecule has 2 atom stereocenters. The summed E-state index contributed by atoms with van der Waals surface area (Å²) in [5, 5.41) is 6.05. The molecule has 0 rings (SSSR count). The van der Waals surface area contributed by atoms with Crippen molar-refractivity contribution in [1.82, 2.24) is 5.32 Å². The summed E-state index contributed by atoms with van der Waals surface area (Å²) in [5.41, 5.74) is -0.755. The number of nitrogens with one attached hydrogen (secondary N) is 1. The maximum absolute atomic E-state index is 12.0. The third-order valence-electron chi connectivity index (χ3n) is 3.16. The highest BCUT2D eigenvalue weighted by Gasteiger charge is 2.28. The van der Waals surface area contributed by atoms with Crippen molar-refractivity contribution in [2.24, 2.45) is 10.4 Å². The van der Waals surface area contributed by atoms with Crippen LogP contribution in [0, 0.1) is 5.41 Å².